The van der Waals surface area contributed by atoms with E-state index < -0.39 is 5.60 Å². The molecule has 1 heterocycles. The van der Waals surface area contributed by atoms with E-state index in [-0.39, 0.29) is 18.3 Å². The highest BCUT2D eigenvalue weighted by Crippen LogP contribution is 2.28. The molecule has 5 heteroatoms. The number of carbonyl (C=O) groups excluding carboxylic acids is 1. The smallest absolute Gasteiger partial charge is 0.255 e. The van der Waals surface area contributed by atoms with Crippen LogP contribution in [0.3, 0.4) is 0 Å². The molecular weight excluding hydrogens is 319 g/mol. The van der Waals surface area contributed by atoms with Gasteiger partial charge in [0.1, 0.15) is 5.82 Å². The number of hydrogen-bond acceptors (Lipinski definition) is 3. The zero-order valence-corrected chi connectivity index (χ0v) is 14.8. The third-order valence-electron chi connectivity index (χ3n) is 5.54. The Morgan fingerprint density at radius 2 is 2.04 bits per heavy atom. The van der Waals surface area contributed by atoms with Gasteiger partial charge < -0.3 is 15.3 Å². The van der Waals surface area contributed by atoms with Crippen LogP contribution in [0, 0.1) is 11.7 Å². The van der Waals surface area contributed by atoms with Crippen LogP contribution >= 0.6 is 0 Å². The highest BCUT2D eigenvalue weighted by atomic mass is 19.1. The molecule has 0 unspecified atom stereocenters. The summed E-state index contributed by atoms with van der Waals surface area (Å²) < 4.78 is 13.2. The van der Waals surface area contributed by atoms with Crippen LogP contribution in [0.4, 0.5) is 4.39 Å². The lowest BCUT2D eigenvalue weighted by atomic mass is 9.86. The molecule has 1 aliphatic carbocycles. The van der Waals surface area contributed by atoms with Gasteiger partial charge >= 0.3 is 0 Å². The van der Waals surface area contributed by atoms with E-state index in [0.29, 0.717) is 18.9 Å². The van der Waals surface area contributed by atoms with Crippen LogP contribution in [-0.2, 0) is 11.3 Å². The van der Waals surface area contributed by atoms with Gasteiger partial charge in [-0.05, 0) is 49.3 Å². The zero-order valence-electron chi connectivity index (χ0n) is 14.8. The van der Waals surface area contributed by atoms with Gasteiger partial charge in [0.05, 0.1) is 0 Å². The molecule has 2 N–H and O–H groups in total. The van der Waals surface area contributed by atoms with Crippen molar-refractivity contribution in [1.29, 1.82) is 0 Å². The summed E-state index contributed by atoms with van der Waals surface area (Å²) in [5, 5.41) is 14.0. The number of rotatable bonds is 6. The number of nitrogens with one attached hydrogen (secondary N) is 1. The molecule has 2 fully saturated rings. The molecule has 3 rings (SSSR count). The molecule has 4 nitrogen and oxygen atoms in total. The molecule has 0 bridgehead atoms. The van der Waals surface area contributed by atoms with E-state index in [1.807, 2.05) is 11.0 Å². The summed E-state index contributed by atoms with van der Waals surface area (Å²) in [6, 6.07) is 6.37. The predicted molar refractivity (Wildman–Crippen MR) is 95.4 cm³/mol. The summed E-state index contributed by atoms with van der Waals surface area (Å²) in [7, 11) is 0. The molecule has 1 aromatic carbocycles. The lowest BCUT2D eigenvalue weighted by Gasteiger charge is -2.40. The lowest BCUT2D eigenvalue weighted by molar-refractivity contribution is -0.157. The Morgan fingerprint density at radius 3 is 2.80 bits per heavy atom. The summed E-state index contributed by atoms with van der Waals surface area (Å²) in [6.07, 6.45) is 7.52. The van der Waals surface area contributed by atoms with E-state index in [4.69, 9.17) is 0 Å². The quantitative estimate of drug-likeness (QED) is 0.831. The first-order valence-electron chi connectivity index (χ1n) is 9.54. The second-order valence-corrected chi connectivity index (χ2v) is 7.62. The van der Waals surface area contributed by atoms with E-state index in [9.17, 15) is 14.3 Å². The maximum atomic E-state index is 13.2. The van der Waals surface area contributed by atoms with E-state index >= 15 is 0 Å². The number of aliphatic hydroxyl groups is 1. The molecule has 0 spiro atoms. The third-order valence-corrected chi connectivity index (χ3v) is 5.54. The van der Waals surface area contributed by atoms with Crippen molar-refractivity contribution in [3.8, 4) is 0 Å². The van der Waals surface area contributed by atoms with E-state index in [0.717, 1.165) is 25.1 Å². The largest absolute Gasteiger partial charge is 0.379 e. The Hall–Kier alpha value is -1.46. The van der Waals surface area contributed by atoms with Crippen LogP contribution in [0.2, 0.25) is 0 Å². The Balaban J connectivity index is 1.53. The minimum Gasteiger partial charge on any atom is -0.379 e. The van der Waals surface area contributed by atoms with E-state index in [1.54, 1.807) is 6.07 Å². The van der Waals surface area contributed by atoms with Crippen molar-refractivity contribution in [1.82, 2.24) is 10.2 Å². The van der Waals surface area contributed by atoms with Gasteiger partial charge in [-0.1, -0.05) is 31.4 Å². The number of halogens is 1. The van der Waals surface area contributed by atoms with Crippen molar-refractivity contribution < 1.29 is 14.3 Å². The Labute approximate surface area is 149 Å². The molecule has 1 amide bonds. The normalized spacial score (nSPS) is 25.4. The molecular formula is C20H29FN2O2. The number of carbonyl (C=O) groups is 1. The monoisotopic (exact) mass is 348 g/mol. The zero-order chi connectivity index (χ0) is 17.7. The number of amides is 1. The number of piperidine rings is 1. The van der Waals surface area contributed by atoms with Gasteiger partial charge in [0.2, 0.25) is 0 Å². The van der Waals surface area contributed by atoms with Crippen molar-refractivity contribution in [2.75, 3.05) is 19.6 Å². The molecule has 25 heavy (non-hydrogen) atoms. The first-order chi connectivity index (χ1) is 12.1. The molecule has 1 saturated carbocycles. The second kappa shape index (κ2) is 8.28. The maximum absolute atomic E-state index is 13.2. The summed E-state index contributed by atoms with van der Waals surface area (Å²) in [5.41, 5.74) is -0.522. The minimum atomic E-state index is -1.33. The molecule has 1 atom stereocenters. The number of nitrogens with zero attached hydrogens (tertiary/aromatic N) is 1. The summed E-state index contributed by atoms with van der Waals surface area (Å²) >= 11 is 0. The maximum Gasteiger partial charge on any atom is 0.255 e. The van der Waals surface area contributed by atoms with E-state index in [1.165, 1.54) is 44.2 Å². The SMILES string of the molecule is O=C1N(CC2CCCCC2)CCC[C@]1(O)CNCc1cccc(F)c1. The van der Waals surface area contributed by atoms with Crippen molar-refractivity contribution in [3.63, 3.8) is 0 Å². The Bertz CT molecular complexity index is 589. The average molecular weight is 348 g/mol. The highest BCUT2D eigenvalue weighted by molar-refractivity contribution is 5.86. The first kappa shape index (κ1) is 18.3. The fourth-order valence-corrected chi connectivity index (χ4v) is 4.15. The van der Waals surface area contributed by atoms with Gasteiger partial charge in [-0.3, -0.25) is 4.79 Å². The topological polar surface area (TPSA) is 52.6 Å². The predicted octanol–water partition coefficient (Wildman–Crippen LogP) is 2.85. The lowest BCUT2D eigenvalue weighted by Crippen LogP contribution is -2.58. The van der Waals surface area contributed by atoms with Crippen LogP contribution in [0.1, 0.15) is 50.5 Å². The summed E-state index contributed by atoms with van der Waals surface area (Å²) in [4.78, 5) is 14.7. The molecule has 1 saturated heterocycles. The van der Waals surface area contributed by atoms with Crippen LogP contribution in [0.15, 0.2) is 24.3 Å². The second-order valence-electron chi connectivity index (χ2n) is 7.62. The third kappa shape index (κ3) is 4.79. The van der Waals surface area contributed by atoms with Crippen LogP contribution in [-0.4, -0.2) is 41.1 Å². The van der Waals surface area contributed by atoms with Crippen LogP contribution in [0.5, 0.6) is 0 Å². The number of benzene rings is 1. The van der Waals surface area contributed by atoms with Gasteiger partial charge in [-0.15, -0.1) is 0 Å². The molecule has 138 valence electrons. The molecule has 2 aliphatic rings. The Morgan fingerprint density at radius 1 is 1.24 bits per heavy atom. The van der Waals surface area contributed by atoms with Gasteiger partial charge in [0.25, 0.3) is 5.91 Å². The fourth-order valence-electron chi connectivity index (χ4n) is 4.15. The number of hydrogen-bond donors (Lipinski definition) is 2. The van der Waals surface area contributed by atoms with Crippen molar-refractivity contribution in [3.05, 3.63) is 35.6 Å². The van der Waals surface area contributed by atoms with Crippen molar-refractivity contribution in [2.45, 2.75) is 57.1 Å². The molecule has 1 aliphatic heterocycles. The fraction of sp³-hybridized carbons (Fsp3) is 0.650. The molecule has 1 aromatic rings. The van der Waals surface area contributed by atoms with Gasteiger partial charge in [-0.25, -0.2) is 4.39 Å². The van der Waals surface area contributed by atoms with Gasteiger partial charge in [0.15, 0.2) is 5.60 Å². The van der Waals surface area contributed by atoms with Crippen LogP contribution in [0.25, 0.3) is 0 Å². The van der Waals surface area contributed by atoms with Crippen molar-refractivity contribution >= 4 is 5.91 Å². The number of likely N-dealkylation sites (tertiary alicyclic amines) is 1. The van der Waals surface area contributed by atoms with Gasteiger partial charge in [-0.2, -0.15) is 0 Å². The first-order valence-corrected chi connectivity index (χ1v) is 9.54. The van der Waals surface area contributed by atoms with Crippen molar-refractivity contribution in [2.24, 2.45) is 5.92 Å². The summed E-state index contributed by atoms with van der Waals surface area (Å²) in [6.45, 7) is 2.19. The summed E-state index contributed by atoms with van der Waals surface area (Å²) in [5.74, 6) is 0.168. The minimum absolute atomic E-state index is 0.143. The van der Waals surface area contributed by atoms with Crippen LogP contribution < -0.4 is 5.32 Å². The highest BCUT2D eigenvalue weighted by Gasteiger charge is 2.42. The van der Waals surface area contributed by atoms with E-state index in [2.05, 4.69) is 5.32 Å². The average Bonchev–Trinajstić information content (AvgIpc) is 2.60. The molecule has 0 radical (unpaired) electrons. The Kier molecular flexibility index (Phi) is 6.07. The van der Waals surface area contributed by atoms with Gasteiger partial charge in [0, 0.05) is 26.2 Å². The standard InChI is InChI=1S/C20H29FN2O2/c21-18-9-4-8-17(12-18)13-22-15-20(25)10-5-11-23(19(20)24)14-16-6-2-1-3-7-16/h4,8-9,12,16,22,25H,1-3,5-7,10-11,13-15H2/t20-/m0/s1. The molecule has 0 aromatic heterocycles.